The first-order chi connectivity index (χ1) is 15.8. The van der Waals surface area contributed by atoms with Crippen LogP contribution in [-0.2, 0) is 6.42 Å². The minimum Gasteiger partial charge on any atom is -0.256 e. The summed E-state index contributed by atoms with van der Waals surface area (Å²) in [5.74, 6) is 0.846. The van der Waals surface area contributed by atoms with Gasteiger partial charge in [-0.3, -0.25) is 4.98 Å². The highest BCUT2D eigenvalue weighted by molar-refractivity contribution is 7.25. The quantitative estimate of drug-likeness (QED) is 0.276. The number of aromatic nitrogens is 1. The lowest BCUT2D eigenvalue weighted by molar-refractivity contribution is 0.356. The third-order valence-electron chi connectivity index (χ3n) is 6.95. The third-order valence-corrected chi connectivity index (χ3v) is 8.10. The van der Waals surface area contributed by atoms with Crippen molar-refractivity contribution in [1.29, 1.82) is 0 Å². The Morgan fingerprint density at radius 1 is 0.688 bits per heavy atom. The normalized spacial score (nSPS) is 14.9. The van der Waals surface area contributed by atoms with E-state index in [2.05, 4.69) is 78.9 Å². The van der Waals surface area contributed by atoms with E-state index in [1.807, 2.05) is 17.5 Å². The number of nitrogens with zero attached hydrogens (tertiary/aromatic N) is 1. The predicted octanol–water partition coefficient (Wildman–Crippen LogP) is 8.91. The molecule has 2 heterocycles. The van der Waals surface area contributed by atoms with Crippen LogP contribution in [0.2, 0.25) is 0 Å². The molecule has 6 rings (SSSR count). The van der Waals surface area contributed by atoms with E-state index >= 15 is 0 Å². The van der Waals surface area contributed by atoms with Crippen LogP contribution in [0.3, 0.4) is 0 Å². The monoisotopic (exact) mass is 433 g/mol. The van der Waals surface area contributed by atoms with Crippen molar-refractivity contribution in [3.8, 4) is 22.4 Å². The average Bonchev–Trinajstić information content (AvgIpc) is 3.22. The van der Waals surface area contributed by atoms with Crippen LogP contribution in [0.1, 0.15) is 37.7 Å². The van der Waals surface area contributed by atoms with Gasteiger partial charge in [-0.15, -0.1) is 11.3 Å². The maximum absolute atomic E-state index is 4.74. The van der Waals surface area contributed by atoms with Crippen LogP contribution >= 0.6 is 11.3 Å². The molecule has 3 aromatic carbocycles. The maximum atomic E-state index is 4.74. The summed E-state index contributed by atoms with van der Waals surface area (Å²) < 4.78 is 2.68. The average molecular weight is 434 g/mol. The molecular weight excluding hydrogens is 406 g/mol. The molecule has 0 unspecified atom stereocenters. The fourth-order valence-corrected chi connectivity index (χ4v) is 6.30. The zero-order chi connectivity index (χ0) is 21.3. The minimum absolute atomic E-state index is 0.846. The first kappa shape index (κ1) is 19.7. The molecule has 1 fully saturated rings. The van der Waals surface area contributed by atoms with Crippen LogP contribution in [0.4, 0.5) is 0 Å². The SMILES string of the molecule is c1ccc(-c2ccc3sc4ccc(-c5cc(CC6CCCCC6)ccn5)cc4c3c2)cc1. The van der Waals surface area contributed by atoms with Gasteiger partial charge in [0.05, 0.1) is 5.69 Å². The summed E-state index contributed by atoms with van der Waals surface area (Å²) in [6, 6.07) is 28.9. The van der Waals surface area contributed by atoms with E-state index in [0.29, 0.717) is 0 Å². The Balaban J connectivity index is 1.38. The Labute approximate surface area is 193 Å². The number of benzene rings is 3. The van der Waals surface area contributed by atoms with Crippen LogP contribution in [0.5, 0.6) is 0 Å². The summed E-state index contributed by atoms with van der Waals surface area (Å²) in [7, 11) is 0. The standard InChI is InChI=1S/C30H27NS/c1-3-7-21(8-4-1)17-22-15-16-31-28(18-22)25-12-14-30-27(20-25)26-19-24(11-13-29(26)32-30)23-9-5-2-6-10-23/h2,5-6,9-16,18-21H,1,3-4,7-8,17H2. The molecule has 1 aliphatic rings. The van der Waals surface area contributed by atoms with Crippen molar-refractivity contribution in [1.82, 2.24) is 4.98 Å². The molecule has 1 saturated carbocycles. The Kier molecular flexibility index (Phi) is 5.24. The van der Waals surface area contributed by atoms with Gasteiger partial charge in [0.15, 0.2) is 0 Å². The van der Waals surface area contributed by atoms with Gasteiger partial charge < -0.3 is 0 Å². The lowest BCUT2D eigenvalue weighted by Gasteiger charge is -2.21. The zero-order valence-corrected chi connectivity index (χ0v) is 19.1. The summed E-state index contributed by atoms with van der Waals surface area (Å²) in [5, 5.41) is 2.67. The Morgan fingerprint density at radius 3 is 2.19 bits per heavy atom. The molecule has 0 atom stereocenters. The van der Waals surface area contributed by atoms with Crippen molar-refractivity contribution in [2.45, 2.75) is 38.5 Å². The number of hydrogen-bond acceptors (Lipinski definition) is 2. The van der Waals surface area contributed by atoms with Crippen LogP contribution in [0.25, 0.3) is 42.6 Å². The zero-order valence-electron chi connectivity index (χ0n) is 18.3. The van der Waals surface area contributed by atoms with Gasteiger partial charge in [0, 0.05) is 31.9 Å². The van der Waals surface area contributed by atoms with Crippen molar-refractivity contribution < 1.29 is 0 Å². The summed E-state index contributed by atoms with van der Waals surface area (Å²) >= 11 is 1.88. The predicted molar refractivity (Wildman–Crippen MR) is 138 cm³/mol. The fraction of sp³-hybridized carbons (Fsp3) is 0.233. The molecule has 0 bridgehead atoms. The highest BCUT2D eigenvalue weighted by Gasteiger charge is 2.15. The van der Waals surface area contributed by atoms with Crippen molar-refractivity contribution in [2.75, 3.05) is 0 Å². The van der Waals surface area contributed by atoms with E-state index in [1.165, 1.54) is 81.0 Å². The molecule has 0 spiro atoms. The molecule has 0 aliphatic heterocycles. The maximum Gasteiger partial charge on any atom is 0.0704 e. The largest absolute Gasteiger partial charge is 0.256 e. The Morgan fingerprint density at radius 2 is 1.41 bits per heavy atom. The van der Waals surface area contributed by atoms with Gasteiger partial charge in [-0.05, 0) is 65.4 Å². The van der Waals surface area contributed by atoms with Gasteiger partial charge in [-0.1, -0.05) is 74.6 Å². The van der Waals surface area contributed by atoms with Crippen LogP contribution in [-0.4, -0.2) is 4.98 Å². The lowest BCUT2D eigenvalue weighted by atomic mass is 9.85. The lowest BCUT2D eigenvalue weighted by Crippen LogP contribution is -2.09. The first-order valence-corrected chi connectivity index (χ1v) is 12.6. The van der Waals surface area contributed by atoms with E-state index in [9.17, 15) is 0 Å². The second-order valence-electron chi connectivity index (χ2n) is 9.15. The second kappa shape index (κ2) is 8.52. The molecule has 5 aromatic rings. The molecule has 1 nitrogen and oxygen atoms in total. The highest BCUT2D eigenvalue weighted by Crippen LogP contribution is 2.38. The number of hydrogen-bond donors (Lipinski definition) is 0. The van der Waals surface area contributed by atoms with Crippen molar-refractivity contribution in [3.05, 3.63) is 90.6 Å². The summed E-state index contributed by atoms with van der Waals surface area (Å²) in [6.07, 6.45) is 10.2. The molecule has 0 N–H and O–H groups in total. The molecule has 2 aromatic heterocycles. The third kappa shape index (κ3) is 3.84. The number of pyridine rings is 1. The smallest absolute Gasteiger partial charge is 0.0704 e. The van der Waals surface area contributed by atoms with E-state index in [0.717, 1.165) is 11.6 Å². The Hall–Kier alpha value is -2.97. The van der Waals surface area contributed by atoms with Crippen LogP contribution in [0, 0.1) is 5.92 Å². The van der Waals surface area contributed by atoms with Gasteiger partial charge in [-0.25, -0.2) is 0 Å². The summed E-state index contributed by atoms with van der Waals surface area (Å²) in [4.78, 5) is 4.74. The van der Waals surface area contributed by atoms with E-state index in [-0.39, 0.29) is 0 Å². The van der Waals surface area contributed by atoms with Gasteiger partial charge in [0.1, 0.15) is 0 Å². The Bertz CT molecular complexity index is 1380. The van der Waals surface area contributed by atoms with Gasteiger partial charge in [0.2, 0.25) is 0 Å². The molecule has 32 heavy (non-hydrogen) atoms. The molecule has 2 heteroatoms. The highest BCUT2D eigenvalue weighted by atomic mass is 32.1. The molecular formula is C30H27NS. The van der Waals surface area contributed by atoms with E-state index in [4.69, 9.17) is 4.98 Å². The summed E-state index contributed by atoms with van der Waals surface area (Å²) in [5.41, 5.74) is 6.29. The number of fused-ring (bicyclic) bond motifs is 3. The number of thiophene rings is 1. The topological polar surface area (TPSA) is 12.9 Å². The van der Waals surface area contributed by atoms with Gasteiger partial charge in [0.25, 0.3) is 0 Å². The number of rotatable bonds is 4. The summed E-state index contributed by atoms with van der Waals surface area (Å²) in [6.45, 7) is 0. The molecule has 0 radical (unpaired) electrons. The fourth-order valence-electron chi connectivity index (χ4n) is 5.23. The first-order valence-electron chi connectivity index (χ1n) is 11.8. The van der Waals surface area contributed by atoms with Crippen molar-refractivity contribution in [2.24, 2.45) is 5.92 Å². The van der Waals surface area contributed by atoms with Gasteiger partial charge in [-0.2, -0.15) is 0 Å². The van der Waals surface area contributed by atoms with Crippen LogP contribution < -0.4 is 0 Å². The minimum atomic E-state index is 0.846. The van der Waals surface area contributed by atoms with Gasteiger partial charge >= 0.3 is 0 Å². The molecule has 1 aliphatic carbocycles. The van der Waals surface area contributed by atoms with E-state index < -0.39 is 0 Å². The van der Waals surface area contributed by atoms with Crippen molar-refractivity contribution >= 4 is 31.5 Å². The molecule has 0 saturated heterocycles. The van der Waals surface area contributed by atoms with E-state index in [1.54, 1.807) is 0 Å². The second-order valence-corrected chi connectivity index (χ2v) is 10.2. The molecule has 158 valence electrons. The van der Waals surface area contributed by atoms with Crippen molar-refractivity contribution in [3.63, 3.8) is 0 Å². The van der Waals surface area contributed by atoms with Crippen LogP contribution in [0.15, 0.2) is 85.1 Å². The molecule has 0 amide bonds.